The van der Waals surface area contributed by atoms with E-state index in [1.54, 1.807) is 0 Å². The van der Waals surface area contributed by atoms with Crippen molar-refractivity contribution in [2.45, 2.75) is 31.3 Å². The molecule has 2 amide bonds. The quantitative estimate of drug-likeness (QED) is 0.367. The number of aliphatic carboxylic acids is 1. The number of carbonyl (C=O) groups excluding carboxylic acids is 2. The fourth-order valence-corrected chi connectivity index (χ4v) is 1.98. The highest BCUT2D eigenvalue weighted by Gasteiger charge is 2.24. The first kappa shape index (κ1) is 18.3. The third-order valence-corrected chi connectivity index (χ3v) is 3.41. The molecule has 0 heterocycles. The molecule has 9 nitrogen and oxygen atoms in total. The van der Waals surface area contributed by atoms with Crippen molar-refractivity contribution < 1.29 is 27.9 Å². The van der Waals surface area contributed by atoms with E-state index >= 15 is 0 Å². The molecule has 0 aliphatic carbocycles. The number of primary amides is 1. The lowest BCUT2D eigenvalue weighted by Crippen LogP contribution is -2.49. The maximum absolute atomic E-state index is 11.6. The fourth-order valence-electron chi connectivity index (χ4n) is 1.29. The predicted molar refractivity (Wildman–Crippen MR) is 70.3 cm³/mol. The average Bonchev–Trinajstić information content (AvgIpc) is 2.29. The number of carbonyl (C=O) groups is 3. The summed E-state index contributed by atoms with van der Waals surface area (Å²) < 4.78 is 21.9. The molecule has 0 aliphatic heterocycles. The van der Waals surface area contributed by atoms with Crippen molar-refractivity contribution in [1.29, 1.82) is 0 Å². The highest BCUT2D eigenvalue weighted by Crippen LogP contribution is 2.00. The molecule has 0 bridgehead atoms. The van der Waals surface area contributed by atoms with Crippen molar-refractivity contribution in [3.63, 3.8) is 0 Å². The van der Waals surface area contributed by atoms with Crippen molar-refractivity contribution in [1.82, 2.24) is 5.32 Å². The topological polar surface area (TPSA) is 170 Å². The molecule has 1 unspecified atom stereocenters. The molecule has 0 aromatic heterocycles. The zero-order valence-electron chi connectivity index (χ0n) is 11.0. The molecule has 0 aromatic carbocycles. The SMILES string of the molecule is CS(=O)(=O)CCC(N)C(=O)N[C@H](CCC(N)=O)C(=O)O. The lowest BCUT2D eigenvalue weighted by atomic mass is 10.1. The Balaban J connectivity index is 4.44. The van der Waals surface area contributed by atoms with Crippen LogP contribution in [0.2, 0.25) is 0 Å². The van der Waals surface area contributed by atoms with E-state index in [0.29, 0.717) is 0 Å². The van der Waals surface area contributed by atoms with E-state index in [4.69, 9.17) is 16.6 Å². The van der Waals surface area contributed by atoms with Gasteiger partial charge in [0.1, 0.15) is 15.9 Å². The third-order valence-electron chi connectivity index (χ3n) is 2.43. The molecule has 2 atom stereocenters. The maximum atomic E-state index is 11.6. The van der Waals surface area contributed by atoms with Crippen molar-refractivity contribution in [3.8, 4) is 0 Å². The van der Waals surface area contributed by atoms with Crippen molar-refractivity contribution in [2.75, 3.05) is 12.0 Å². The van der Waals surface area contributed by atoms with Crippen molar-refractivity contribution >= 4 is 27.6 Å². The van der Waals surface area contributed by atoms with Crippen molar-refractivity contribution in [3.05, 3.63) is 0 Å². The summed E-state index contributed by atoms with van der Waals surface area (Å²) in [6, 6.07) is -2.43. The molecule has 20 heavy (non-hydrogen) atoms. The molecule has 116 valence electrons. The van der Waals surface area contributed by atoms with Gasteiger partial charge in [-0.15, -0.1) is 0 Å². The van der Waals surface area contributed by atoms with Crippen LogP contribution in [0.1, 0.15) is 19.3 Å². The fraction of sp³-hybridized carbons (Fsp3) is 0.700. The first-order valence-corrected chi connectivity index (χ1v) is 7.83. The predicted octanol–water partition coefficient (Wildman–Crippen LogP) is -2.42. The molecule has 0 spiro atoms. The number of hydrogen-bond acceptors (Lipinski definition) is 6. The van der Waals surface area contributed by atoms with Gasteiger partial charge in [-0.2, -0.15) is 0 Å². The normalized spacial score (nSPS) is 14.3. The summed E-state index contributed by atoms with van der Waals surface area (Å²) in [5.41, 5.74) is 10.4. The smallest absolute Gasteiger partial charge is 0.326 e. The van der Waals surface area contributed by atoms with Gasteiger partial charge in [0.05, 0.1) is 11.8 Å². The Kier molecular flexibility index (Phi) is 7.14. The summed E-state index contributed by atoms with van der Waals surface area (Å²) in [6.07, 6.45) is 0.530. The summed E-state index contributed by atoms with van der Waals surface area (Å²) in [4.78, 5) is 33.1. The zero-order valence-corrected chi connectivity index (χ0v) is 11.9. The Labute approximate surface area is 116 Å². The van der Waals surface area contributed by atoms with Crippen molar-refractivity contribution in [2.24, 2.45) is 11.5 Å². The number of carboxylic acids is 1. The molecule has 0 radical (unpaired) electrons. The molecule has 0 saturated heterocycles. The molecule has 0 saturated carbocycles. The molecule has 6 N–H and O–H groups in total. The zero-order chi connectivity index (χ0) is 15.9. The lowest BCUT2D eigenvalue weighted by Gasteiger charge is -2.17. The van der Waals surface area contributed by atoms with Gasteiger partial charge in [-0.1, -0.05) is 0 Å². The van der Waals surface area contributed by atoms with E-state index in [-0.39, 0.29) is 25.0 Å². The summed E-state index contributed by atoms with van der Waals surface area (Å²) in [5.74, 6) is -3.08. The van der Waals surface area contributed by atoms with Gasteiger partial charge >= 0.3 is 5.97 Å². The van der Waals surface area contributed by atoms with E-state index in [2.05, 4.69) is 5.32 Å². The summed E-state index contributed by atoms with van der Waals surface area (Å²) in [6.45, 7) is 0. The molecule has 0 rings (SSSR count). The molecule has 0 aliphatic rings. The summed E-state index contributed by atoms with van der Waals surface area (Å²) in [5, 5.41) is 11.0. The Hall–Kier alpha value is -1.68. The highest BCUT2D eigenvalue weighted by molar-refractivity contribution is 7.90. The number of nitrogens with one attached hydrogen (secondary N) is 1. The van der Waals surface area contributed by atoms with Gasteiger partial charge in [-0.3, -0.25) is 9.59 Å². The molecule has 10 heteroatoms. The van der Waals surface area contributed by atoms with Crippen LogP contribution >= 0.6 is 0 Å². The van der Waals surface area contributed by atoms with Gasteiger partial charge in [-0.25, -0.2) is 13.2 Å². The number of nitrogens with two attached hydrogens (primary N) is 2. The highest BCUT2D eigenvalue weighted by atomic mass is 32.2. The molecule has 0 aromatic rings. The first-order chi connectivity index (χ1) is 9.03. The largest absolute Gasteiger partial charge is 0.480 e. The monoisotopic (exact) mass is 309 g/mol. The van der Waals surface area contributed by atoms with Crippen LogP contribution in [0.5, 0.6) is 0 Å². The van der Waals surface area contributed by atoms with Gasteiger partial charge in [-0.05, 0) is 12.8 Å². The van der Waals surface area contributed by atoms with E-state index in [0.717, 1.165) is 6.26 Å². The van der Waals surface area contributed by atoms with Crippen LogP contribution in [0, 0.1) is 0 Å². The Bertz CT molecular complexity index is 475. The average molecular weight is 309 g/mol. The second kappa shape index (κ2) is 7.80. The van der Waals surface area contributed by atoms with Crippen LogP contribution < -0.4 is 16.8 Å². The lowest BCUT2D eigenvalue weighted by molar-refractivity contribution is -0.142. The van der Waals surface area contributed by atoms with Gasteiger partial charge in [0, 0.05) is 12.7 Å². The van der Waals surface area contributed by atoms with E-state index < -0.39 is 39.7 Å². The summed E-state index contributed by atoms with van der Waals surface area (Å²) in [7, 11) is -3.26. The Morgan fingerprint density at radius 3 is 2.20 bits per heavy atom. The minimum atomic E-state index is -3.26. The number of hydrogen-bond donors (Lipinski definition) is 4. The standard InChI is InChI=1S/C10H19N3O6S/c1-20(18,19)5-4-6(11)9(15)13-7(10(16)17)2-3-8(12)14/h6-7H,2-5,11H2,1H3,(H2,12,14)(H,13,15)(H,16,17)/t6?,7-/m1/s1. The third kappa shape index (κ3) is 8.43. The van der Waals surface area contributed by atoms with E-state index in [1.165, 1.54) is 0 Å². The molecular weight excluding hydrogens is 290 g/mol. The summed E-state index contributed by atoms with van der Waals surface area (Å²) >= 11 is 0. The van der Waals surface area contributed by atoms with Crippen LogP contribution in [0.4, 0.5) is 0 Å². The van der Waals surface area contributed by atoms with Crippen LogP contribution in [-0.2, 0) is 24.2 Å². The van der Waals surface area contributed by atoms with Crippen LogP contribution in [-0.4, -0.2) is 55.4 Å². The van der Waals surface area contributed by atoms with Gasteiger partial charge < -0.3 is 21.9 Å². The second-order valence-corrected chi connectivity index (χ2v) is 6.69. The number of carboxylic acid groups (broad SMARTS) is 1. The first-order valence-electron chi connectivity index (χ1n) is 5.77. The Morgan fingerprint density at radius 1 is 1.25 bits per heavy atom. The van der Waals surface area contributed by atoms with Gasteiger partial charge in [0.15, 0.2) is 0 Å². The molecule has 0 fully saturated rings. The van der Waals surface area contributed by atoms with E-state index in [9.17, 15) is 22.8 Å². The number of amides is 2. The van der Waals surface area contributed by atoms with Gasteiger partial charge in [0.25, 0.3) is 0 Å². The molecular formula is C10H19N3O6S. The van der Waals surface area contributed by atoms with E-state index in [1.807, 2.05) is 0 Å². The van der Waals surface area contributed by atoms with Gasteiger partial charge in [0.2, 0.25) is 11.8 Å². The van der Waals surface area contributed by atoms with Crippen LogP contribution in [0.15, 0.2) is 0 Å². The minimum Gasteiger partial charge on any atom is -0.480 e. The van der Waals surface area contributed by atoms with Crippen LogP contribution in [0.3, 0.4) is 0 Å². The number of rotatable bonds is 9. The maximum Gasteiger partial charge on any atom is 0.326 e. The Morgan fingerprint density at radius 2 is 1.80 bits per heavy atom. The number of sulfone groups is 1. The second-order valence-electron chi connectivity index (χ2n) is 4.43. The minimum absolute atomic E-state index is 0.118. The van der Waals surface area contributed by atoms with Crippen LogP contribution in [0.25, 0.3) is 0 Å².